The molecule has 0 fully saturated rings. The molecule has 4 aromatic carbocycles. The fourth-order valence-corrected chi connectivity index (χ4v) is 5.38. The molecule has 1 N–H and O–H groups in total. The lowest BCUT2D eigenvalue weighted by molar-refractivity contribution is 0.173. The summed E-state index contributed by atoms with van der Waals surface area (Å²) in [7, 11) is 3.63. The number of hydrogen-bond donors (Lipinski definition) is 1. The van der Waals surface area contributed by atoms with Crippen molar-refractivity contribution >= 4 is 22.5 Å². The third-order valence-corrected chi connectivity index (χ3v) is 7.09. The molecule has 3 aliphatic heterocycles. The van der Waals surface area contributed by atoms with Gasteiger partial charge in [0.05, 0.1) is 18.8 Å². The van der Waals surface area contributed by atoms with Crippen molar-refractivity contribution in [3.05, 3.63) is 71.8 Å². The highest BCUT2D eigenvalue weighted by Crippen LogP contribution is 2.54. The SMILES string of the molecule is COc1cc(/C=C/[C@H]2c3c(ccc4c3OCO4)-c3ccc4cc5c(cc4c3N2C)OCO5)ccc1O. The first kappa shape index (κ1) is 20.8. The highest BCUT2D eigenvalue weighted by atomic mass is 16.7. The van der Waals surface area contributed by atoms with Gasteiger partial charge in [0, 0.05) is 23.6 Å². The van der Waals surface area contributed by atoms with Crippen LogP contribution in [0.5, 0.6) is 34.5 Å². The number of likely N-dealkylation sites (N-methyl/N-ethyl adjacent to an activating group) is 1. The van der Waals surface area contributed by atoms with Crippen LogP contribution in [-0.4, -0.2) is 32.8 Å². The van der Waals surface area contributed by atoms with Crippen molar-refractivity contribution < 1.29 is 28.8 Å². The third kappa shape index (κ3) is 2.99. The van der Waals surface area contributed by atoms with E-state index in [-0.39, 0.29) is 25.4 Å². The van der Waals surface area contributed by atoms with Gasteiger partial charge in [0.2, 0.25) is 13.6 Å². The molecule has 0 radical (unpaired) electrons. The Morgan fingerprint density at radius 1 is 0.889 bits per heavy atom. The van der Waals surface area contributed by atoms with Crippen molar-refractivity contribution in [1.82, 2.24) is 0 Å². The minimum Gasteiger partial charge on any atom is -0.504 e. The Balaban J connectivity index is 1.43. The van der Waals surface area contributed by atoms with Crippen LogP contribution in [0.2, 0.25) is 0 Å². The van der Waals surface area contributed by atoms with E-state index < -0.39 is 0 Å². The third-order valence-electron chi connectivity index (χ3n) is 7.09. The summed E-state index contributed by atoms with van der Waals surface area (Å²) in [4.78, 5) is 2.26. The fourth-order valence-electron chi connectivity index (χ4n) is 5.38. The van der Waals surface area contributed by atoms with Crippen LogP contribution >= 0.6 is 0 Å². The molecule has 7 rings (SSSR count). The smallest absolute Gasteiger partial charge is 0.231 e. The number of ether oxygens (including phenoxy) is 5. The number of hydrogen-bond acceptors (Lipinski definition) is 7. The van der Waals surface area contributed by atoms with Crippen LogP contribution < -0.4 is 28.6 Å². The molecule has 0 aliphatic carbocycles. The first-order chi connectivity index (χ1) is 17.6. The van der Waals surface area contributed by atoms with E-state index in [0.29, 0.717) is 5.75 Å². The summed E-state index contributed by atoms with van der Waals surface area (Å²) < 4.78 is 28.3. The summed E-state index contributed by atoms with van der Waals surface area (Å²) >= 11 is 0. The molecule has 36 heavy (non-hydrogen) atoms. The molecule has 0 spiro atoms. The lowest BCUT2D eigenvalue weighted by Gasteiger charge is -2.37. The van der Waals surface area contributed by atoms with Crippen molar-refractivity contribution in [2.24, 2.45) is 0 Å². The molecule has 0 aromatic heterocycles. The normalized spacial score (nSPS) is 16.9. The van der Waals surface area contributed by atoms with E-state index in [1.54, 1.807) is 13.2 Å². The number of nitrogens with zero attached hydrogens (tertiary/aromatic N) is 1. The zero-order valence-corrected chi connectivity index (χ0v) is 19.8. The summed E-state index contributed by atoms with van der Waals surface area (Å²) in [5.74, 6) is 3.58. The van der Waals surface area contributed by atoms with Crippen LogP contribution in [-0.2, 0) is 0 Å². The average molecular weight is 482 g/mol. The predicted molar refractivity (Wildman–Crippen MR) is 136 cm³/mol. The molecular weight excluding hydrogens is 458 g/mol. The van der Waals surface area contributed by atoms with Gasteiger partial charge in [-0.2, -0.15) is 0 Å². The Labute approximate surface area is 207 Å². The molecule has 3 heterocycles. The molecular formula is C29H23NO6. The van der Waals surface area contributed by atoms with Crippen molar-refractivity contribution in [3.63, 3.8) is 0 Å². The minimum atomic E-state index is -0.139. The number of phenols is 1. The number of aromatic hydroxyl groups is 1. The molecule has 4 aromatic rings. The van der Waals surface area contributed by atoms with E-state index in [2.05, 4.69) is 42.3 Å². The lowest BCUT2D eigenvalue weighted by atomic mass is 9.85. The maximum Gasteiger partial charge on any atom is 0.231 e. The monoisotopic (exact) mass is 481 g/mol. The van der Waals surface area contributed by atoms with Crippen molar-refractivity contribution in [2.75, 3.05) is 32.6 Å². The quantitative estimate of drug-likeness (QED) is 0.392. The molecule has 0 amide bonds. The van der Waals surface area contributed by atoms with Crippen LogP contribution in [0, 0.1) is 0 Å². The Kier molecular flexibility index (Phi) is 4.48. The van der Waals surface area contributed by atoms with Gasteiger partial charge in [-0.3, -0.25) is 0 Å². The Hall–Kier alpha value is -4.52. The van der Waals surface area contributed by atoms with Gasteiger partial charge >= 0.3 is 0 Å². The second kappa shape index (κ2) is 7.75. The zero-order valence-electron chi connectivity index (χ0n) is 19.8. The fraction of sp³-hybridized carbons (Fsp3) is 0.172. The number of anilines is 1. The molecule has 7 heteroatoms. The van der Waals surface area contributed by atoms with Gasteiger partial charge in [-0.25, -0.2) is 0 Å². The van der Waals surface area contributed by atoms with Crippen molar-refractivity contribution in [2.45, 2.75) is 6.04 Å². The summed E-state index contributed by atoms with van der Waals surface area (Å²) in [5.41, 5.74) is 5.30. The summed E-state index contributed by atoms with van der Waals surface area (Å²) in [6, 6.07) is 17.6. The highest BCUT2D eigenvalue weighted by Gasteiger charge is 2.35. The van der Waals surface area contributed by atoms with E-state index in [9.17, 15) is 5.11 Å². The molecule has 0 saturated carbocycles. The maximum atomic E-state index is 10.00. The molecule has 0 bridgehead atoms. The topological polar surface area (TPSA) is 69.6 Å². The van der Waals surface area contributed by atoms with Crippen molar-refractivity contribution in [1.29, 1.82) is 0 Å². The second-order valence-electron chi connectivity index (χ2n) is 9.00. The molecule has 180 valence electrons. The van der Waals surface area contributed by atoms with Gasteiger partial charge in [0.1, 0.15) is 0 Å². The average Bonchev–Trinajstić information content (AvgIpc) is 3.56. The Morgan fingerprint density at radius 2 is 1.67 bits per heavy atom. The van der Waals surface area contributed by atoms with Gasteiger partial charge < -0.3 is 33.7 Å². The predicted octanol–water partition coefficient (Wildman–Crippen LogP) is 5.88. The van der Waals surface area contributed by atoms with Gasteiger partial charge in [0.25, 0.3) is 0 Å². The van der Waals surface area contributed by atoms with Crippen LogP contribution in [0.15, 0.2) is 60.7 Å². The number of rotatable bonds is 3. The van der Waals surface area contributed by atoms with E-state index in [1.807, 2.05) is 30.3 Å². The van der Waals surface area contributed by atoms with E-state index in [1.165, 1.54) is 0 Å². The standard InChI is InChI=1S/C29H23NO6/c1-30-21(8-3-16-4-9-22(31)24(11-16)32-2)27-18(7-10-23-29(27)36-15-33-23)19-6-5-17-12-25-26(35-14-34-25)13-20(17)28(19)30/h3-13,21,31H,14-15H2,1-2H3/b8-3+/t21-/m0/s1. The number of phenolic OH excluding ortho intramolecular Hbond substituents is 1. The van der Waals surface area contributed by atoms with Gasteiger partial charge in [0.15, 0.2) is 34.5 Å². The molecule has 7 nitrogen and oxygen atoms in total. The molecule has 1 atom stereocenters. The molecule has 0 unspecified atom stereocenters. The zero-order chi connectivity index (χ0) is 24.4. The first-order valence-corrected chi connectivity index (χ1v) is 11.7. The summed E-state index contributed by atoms with van der Waals surface area (Å²) in [5, 5.41) is 12.2. The maximum absolute atomic E-state index is 10.00. The van der Waals surface area contributed by atoms with Gasteiger partial charge in [-0.1, -0.05) is 30.4 Å². The van der Waals surface area contributed by atoms with E-state index in [4.69, 9.17) is 23.7 Å². The van der Waals surface area contributed by atoms with Crippen LogP contribution in [0.3, 0.4) is 0 Å². The van der Waals surface area contributed by atoms with Crippen LogP contribution in [0.4, 0.5) is 5.69 Å². The van der Waals surface area contributed by atoms with E-state index in [0.717, 1.165) is 61.7 Å². The summed E-state index contributed by atoms with van der Waals surface area (Å²) in [6.07, 6.45) is 4.17. The van der Waals surface area contributed by atoms with Crippen LogP contribution in [0.25, 0.3) is 28.0 Å². The highest BCUT2D eigenvalue weighted by molar-refractivity contribution is 6.06. The lowest BCUT2D eigenvalue weighted by Crippen LogP contribution is -2.27. The molecule has 3 aliphatic rings. The second-order valence-corrected chi connectivity index (χ2v) is 9.00. The number of benzene rings is 4. The largest absolute Gasteiger partial charge is 0.504 e. The Bertz CT molecular complexity index is 1580. The summed E-state index contributed by atoms with van der Waals surface area (Å²) in [6.45, 7) is 0.437. The number of methoxy groups -OCH3 is 1. The van der Waals surface area contributed by atoms with Crippen molar-refractivity contribution in [3.8, 4) is 45.6 Å². The first-order valence-electron chi connectivity index (χ1n) is 11.7. The molecule has 0 saturated heterocycles. The van der Waals surface area contributed by atoms with Crippen LogP contribution in [0.1, 0.15) is 17.2 Å². The van der Waals surface area contributed by atoms with E-state index >= 15 is 0 Å². The van der Waals surface area contributed by atoms with Gasteiger partial charge in [-0.15, -0.1) is 0 Å². The number of fused-ring (bicyclic) bond motifs is 8. The minimum absolute atomic E-state index is 0.109. The Morgan fingerprint density at radius 3 is 2.53 bits per heavy atom. The van der Waals surface area contributed by atoms with Gasteiger partial charge in [-0.05, 0) is 52.9 Å².